The maximum absolute atomic E-state index is 12.7. The van der Waals surface area contributed by atoms with Gasteiger partial charge in [0, 0.05) is 26.3 Å². The maximum atomic E-state index is 12.7. The van der Waals surface area contributed by atoms with Gasteiger partial charge in [0.25, 0.3) is 10.0 Å². The van der Waals surface area contributed by atoms with E-state index in [9.17, 15) is 8.42 Å². The molecule has 6 nitrogen and oxygen atoms in total. The minimum atomic E-state index is -3.56. The van der Waals surface area contributed by atoms with Crippen molar-refractivity contribution in [2.45, 2.75) is 18.9 Å². The van der Waals surface area contributed by atoms with Gasteiger partial charge in [-0.1, -0.05) is 19.9 Å². The van der Waals surface area contributed by atoms with Crippen LogP contribution in [0.1, 0.15) is 13.8 Å². The summed E-state index contributed by atoms with van der Waals surface area (Å²) in [6.45, 7) is 4.51. The fourth-order valence-electron chi connectivity index (χ4n) is 2.07. The molecule has 2 aromatic rings. The molecular weight excluding hydrogens is 264 g/mol. The first-order valence-corrected chi connectivity index (χ1v) is 7.65. The van der Waals surface area contributed by atoms with E-state index in [4.69, 9.17) is 0 Å². The molecule has 0 aromatic carbocycles. The molecule has 0 amide bonds. The summed E-state index contributed by atoms with van der Waals surface area (Å²) >= 11 is 0. The fourth-order valence-corrected chi connectivity index (χ4v) is 3.79. The number of imidazole rings is 1. The Labute approximate surface area is 113 Å². The molecule has 19 heavy (non-hydrogen) atoms. The van der Waals surface area contributed by atoms with Crippen molar-refractivity contribution in [3.63, 3.8) is 0 Å². The van der Waals surface area contributed by atoms with Gasteiger partial charge in [-0.2, -0.15) is 4.31 Å². The third-order valence-electron chi connectivity index (χ3n) is 3.01. The van der Waals surface area contributed by atoms with E-state index in [1.807, 2.05) is 19.9 Å². The Morgan fingerprint density at radius 3 is 2.58 bits per heavy atom. The lowest BCUT2D eigenvalue weighted by Gasteiger charge is -2.18. The normalized spacial score (nSPS) is 12.2. The number of aromatic nitrogens is 2. The number of hydrogen-bond acceptors (Lipinski definition) is 4. The second kappa shape index (κ2) is 5.18. The highest BCUT2D eigenvalue weighted by Gasteiger charge is 2.29. The molecule has 0 aliphatic heterocycles. The zero-order valence-corrected chi connectivity index (χ0v) is 12.1. The molecule has 2 heterocycles. The zero-order chi connectivity index (χ0) is 14.0. The SMILES string of the molecule is CCN(CC)S(=O)(=O)c1c(NC)nc2ccccn12. The average Bonchev–Trinajstić information content (AvgIpc) is 2.78. The minimum Gasteiger partial charge on any atom is -0.371 e. The zero-order valence-electron chi connectivity index (χ0n) is 11.3. The second-order valence-corrected chi connectivity index (χ2v) is 5.89. The summed E-state index contributed by atoms with van der Waals surface area (Å²) in [5.41, 5.74) is 0.609. The third-order valence-corrected chi connectivity index (χ3v) is 5.09. The molecule has 104 valence electrons. The Balaban J connectivity index is 2.73. The lowest BCUT2D eigenvalue weighted by molar-refractivity contribution is 0.442. The lowest BCUT2D eigenvalue weighted by atomic mass is 10.5. The Bertz CT molecular complexity index is 674. The molecule has 0 saturated heterocycles. The van der Waals surface area contributed by atoms with E-state index in [-0.39, 0.29) is 5.03 Å². The minimum absolute atomic E-state index is 0.189. The van der Waals surface area contributed by atoms with E-state index in [0.29, 0.717) is 24.6 Å². The molecule has 0 fully saturated rings. The molecule has 0 aliphatic carbocycles. The Morgan fingerprint density at radius 1 is 1.32 bits per heavy atom. The standard InChI is InChI=1S/C12H18N4O2S/c1-4-15(5-2)19(17,18)12-11(13-3)14-10-8-6-7-9-16(10)12/h6-9,13H,4-5H2,1-3H3. The second-order valence-electron chi connectivity index (χ2n) is 4.03. The number of sulfonamides is 1. The number of nitrogens with zero attached hydrogens (tertiary/aromatic N) is 3. The van der Waals surface area contributed by atoms with Crippen LogP contribution in [0.5, 0.6) is 0 Å². The van der Waals surface area contributed by atoms with Crippen LogP contribution in [0.4, 0.5) is 5.82 Å². The Hall–Kier alpha value is -1.60. The van der Waals surface area contributed by atoms with E-state index in [2.05, 4.69) is 10.3 Å². The summed E-state index contributed by atoms with van der Waals surface area (Å²) in [4.78, 5) is 4.29. The fraction of sp³-hybridized carbons (Fsp3) is 0.417. The Kier molecular flexibility index (Phi) is 3.77. The van der Waals surface area contributed by atoms with E-state index >= 15 is 0 Å². The van der Waals surface area contributed by atoms with Crippen LogP contribution in [0.3, 0.4) is 0 Å². The molecule has 1 N–H and O–H groups in total. The van der Waals surface area contributed by atoms with Gasteiger partial charge in [-0.15, -0.1) is 0 Å². The highest BCUT2D eigenvalue weighted by Crippen LogP contribution is 2.25. The van der Waals surface area contributed by atoms with E-state index in [1.54, 1.807) is 29.8 Å². The first-order valence-electron chi connectivity index (χ1n) is 6.21. The quantitative estimate of drug-likeness (QED) is 0.900. The van der Waals surface area contributed by atoms with Crippen molar-refractivity contribution in [1.82, 2.24) is 13.7 Å². The molecule has 7 heteroatoms. The van der Waals surface area contributed by atoms with Crippen molar-refractivity contribution in [2.75, 3.05) is 25.5 Å². The van der Waals surface area contributed by atoms with Gasteiger partial charge < -0.3 is 5.32 Å². The molecule has 2 aromatic heterocycles. The van der Waals surface area contributed by atoms with Crippen molar-refractivity contribution in [3.05, 3.63) is 24.4 Å². The van der Waals surface area contributed by atoms with Gasteiger partial charge in [0.05, 0.1) is 0 Å². The number of pyridine rings is 1. The number of nitrogens with one attached hydrogen (secondary N) is 1. The monoisotopic (exact) mass is 282 g/mol. The molecule has 0 aliphatic rings. The van der Waals surface area contributed by atoms with Gasteiger partial charge in [0.15, 0.2) is 10.8 Å². The molecule has 0 radical (unpaired) electrons. The third kappa shape index (κ3) is 2.19. The van der Waals surface area contributed by atoms with Crippen LogP contribution in [0.15, 0.2) is 29.4 Å². The number of anilines is 1. The molecule has 0 bridgehead atoms. The summed E-state index contributed by atoms with van der Waals surface area (Å²) in [5, 5.41) is 3.05. The van der Waals surface area contributed by atoms with Crippen LogP contribution in [0, 0.1) is 0 Å². The average molecular weight is 282 g/mol. The summed E-state index contributed by atoms with van der Waals surface area (Å²) in [6, 6.07) is 5.40. The first-order chi connectivity index (χ1) is 9.06. The maximum Gasteiger partial charge on any atom is 0.262 e. The summed E-state index contributed by atoms with van der Waals surface area (Å²) < 4.78 is 28.4. The molecule has 0 atom stereocenters. The van der Waals surface area contributed by atoms with Gasteiger partial charge in [0.1, 0.15) is 5.65 Å². The number of fused-ring (bicyclic) bond motifs is 1. The molecular formula is C12H18N4O2S. The van der Waals surface area contributed by atoms with Crippen LogP contribution in [0.25, 0.3) is 5.65 Å². The summed E-state index contributed by atoms with van der Waals surface area (Å²) in [7, 11) is -1.89. The highest BCUT2D eigenvalue weighted by molar-refractivity contribution is 7.89. The topological polar surface area (TPSA) is 66.7 Å². The number of rotatable bonds is 5. The summed E-state index contributed by atoms with van der Waals surface area (Å²) in [5.74, 6) is 0.373. The molecule has 0 saturated carbocycles. The van der Waals surface area contributed by atoms with Gasteiger partial charge in [0.2, 0.25) is 0 Å². The molecule has 2 rings (SSSR count). The van der Waals surface area contributed by atoms with Crippen molar-refractivity contribution < 1.29 is 8.42 Å². The lowest BCUT2D eigenvalue weighted by Crippen LogP contribution is -2.31. The summed E-state index contributed by atoms with van der Waals surface area (Å²) in [6.07, 6.45) is 1.71. The number of hydrogen-bond donors (Lipinski definition) is 1. The Morgan fingerprint density at radius 2 is 2.00 bits per heavy atom. The van der Waals surface area contributed by atoms with Crippen molar-refractivity contribution >= 4 is 21.5 Å². The van der Waals surface area contributed by atoms with Gasteiger partial charge in [-0.25, -0.2) is 13.4 Å². The van der Waals surface area contributed by atoms with Gasteiger partial charge >= 0.3 is 0 Å². The van der Waals surface area contributed by atoms with Crippen molar-refractivity contribution in [3.8, 4) is 0 Å². The molecule has 0 spiro atoms. The van der Waals surface area contributed by atoms with E-state index in [0.717, 1.165) is 0 Å². The van der Waals surface area contributed by atoms with Crippen LogP contribution in [0.2, 0.25) is 0 Å². The first kappa shape index (κ1) is 13.8. The van der Waals surface area contributed by atoms with Crippen LogP contribution >= 0.6 is 0 Å². The van der Waals surface area contributed by atoms with Crippen molar-refractivity contribution in [1.29, 1.82) is 0 Å². The van der Waals surface area contributed by atoms with Gasteiger partial charge in [-0.05, 0) is 12.1 Å². The van der Waals surface area contributed by atoms with Crippen LogP contribution < -0.4 is 5.32 Å². The van der Waals surface area contributed by atoms with Gasteiger partial charge in [-0.3, -0.25) is 4.40 Å². The van der Waals surface area contributed by atoms with Crippen LogP contribution in [-0.4, -0.2) is 42.2 Å². The van der Waals surface area contributed by atoms with Crippen molar-refractivity contribution in [2.24, 2.45) is 0 Å². The van der Waals surface area contributed by atoms with Crippen LogP contribution in [-0.2, 0) is 10.0 Å². The molecule has 0 unspecified atom stereocenters. The largest absolute Gasteiger partial charge is 0.371 e. The highest BCUT2D eigenvalue weighted by atomic mass is 32.2. The predicted octanol–water partition coefficient (Wildman–Crippen LogP) is 1.41. The smallest absolute Gasteiger partial charge is 0.262 e. The van der Waals surface area contributed by atoms with E-state index < -0.39 is 10.0 Å². The predicted molar refractivity (Wildman–Crippen MR) is 74.8 cm³/mol. The van der Waals surface area contributed by atoms with E-state index in [1.165, 1.54) is 4.31 Å².